The number of pyridine rings is 1. The maximum absolute atomic E-state index is 6.06. The summed E-state index contributed by atoms with van der Waals surface area (Å²) >= 11 is 0. The molecule has 0 spiro atoms. The predicted molar refractivity (Wildman–Crippen MR) is 66.5 cm³/mol. The Bertz CT molecular complexity index is 496. The molecule has 3 heteroatoms. The molecule has 2 aromatic rings. The number of hydrogen-bond donors (Lipinski definition) is 1. The Morgan fingerprint density at radius 1 is 1.38 bits per heavy atom. The summed E-state index contributed by atoms with van der Waals surface area (Å²) in [4.78, 5) is 4.25. The molecular formula is C13H16N2O. The molecule has 0 bridgehead atoms. The number of aromatic nitrogens is 1. The minimum absolute atomic E-state index is 0.177. The molecule has 0 aliphatic carbocycles. The highest BCUT2D eigenvalue weighted by molar-refractivity contribution is 5.93. The molecule has 84 valence electrons. The first-order chi connectivity index (χ1) is 7.72. The molecule has 3 nitrogen and oxygen atoms in total. The van der Waals surface area contributed by atoms with Crippen LogP contribution in [0.4, 0.5) is 5.69 Å². The summed E-state index contributed by atoms with van der Waals surface area (Å²) < 4.78 is 5.75. The van der Waals surface area contributed by atoms with Crippen LogP contribution in [0.2, 0.25) is 0 Å². The molecule has 0 saturated carbocycles. The van der Waals surface area contributed by atoms with Crippen molar-refractivity contribution >= 4 is 16.6 Å². The summed E-state index contributed by atoms with van der Waals surface area (Å²) in [7, 11) is 0. The maximum atomic E-state index is 6.06. The zero-order chi connectivity index (χ0) is 11.5. The first-order valence-corrected chi connectivity index (χ1v) is 5.52. The Morgan fingerprint density at radius 3 is 2.94 bits per heavy atom. The zero-order valence-corrected chi connectivity index (χ0v) is 9.60. The summed E-state index contributed by atoms with van der Waals surface area (Å²) in [5, 5.41) is 0.948. The van der Waals surface area contributed by atoms with Crippen molar-refractivity contribution in [1.29, 1.82) is 0 Å². The van der Waals surface area contributed by atoms with Crippen molar-refractivity contribution in [3.63, 3.8) is 0 Å². The van der Waals surface area contributed by atoms with Gasteiger partial charge in [-0.2, -0.15) is 0 Å². The van der Waals surface area contributed by atoms with E-state index in [1.54, 1.807) is 6.20 Å². The molecule has 1 aromatic heterocycles. The summed E-state index contributed by atoms with van der Waals surface area (Å²) in [6, 6.07) is 7.66. The highest BCUT2D eigenvalue weighted by atomic mass is 16.5. The number of rotatable bonds is 3. The summed E-state index contributed by atoms with van der Waals surface area (Å²) in [6.45, 7) is 4.12. The van der Waals surface area contributed by atoms with Crippen molar-refractivity contribution in [3.05, 3.63) is 30.5 Å². The number of hydrogen-bond acceptors (Lipinski definition) is 3. The van der Waals surface area contributed by atoms with Crippen LogP contribution in [-0.2, 0) is 0 Å². The van der Waals surface area contributed by atoms with Gasteiger partial charge < -0.3 is 10.5 Å². The predicted octanol–water partition coefficient (Wildman–Crippen LogP) is 2.99. The minimum Gasteiger partial charge on any atom is -0.489 e. The quantitative estimate of drug-likeness (QED) is 0.802. The van der Waals surface area contributed by atoms with Crippen molar-refractivity contribution in [1.82, 2.24) is 4.98 Å². The maximum Gasteiger partial charge on any atom is 0.143 e. The Hall–Kier alpha value is -1.77. The second-order valence-corrected chi connectivity index (χ2v) is 3.88. The third-order valence-corrected chi connectivity index (χ3v) is 2.69. The van der Waals surface area contributed by atoms with E-state index >= 15 is 0 Å². The topological polar surface area (TPSA) is 48.1 Å². The number of anilines is 1. The standard InChI is InChI=1S/C13H16N2O/c1-3-9(2)16-12-7-6-11-10(13(12)14)5-4-8-15-11/h4-9H,3,14H2,1-2H3. The molecule has 16 heavy (non-hydrogen) atoms. The largest absolute Gasteiger partial charge is 0.489 e. The second-order valence-electron chi connectivity index (χ2n) is 3.88. The molecule has 1 aromatic carbocycles. The van der Waals surface area contributed by atoms with Gasteiger partial charge in [0.25, 0.3) is 0 Å². The number of nitrogens with zero attached hydrogens (tertiary/aromatic N) is 1. The first kappa shape index (κ1) is 10.7. The van der Waals surface area contributed by atoms with Gasteiger partial charge in [0.1, 0.15) is 5.75 Å². The molecular weight excluding hydrogens is 200 g/mol. The molecule has 1 heterocycles. The van der Waals surface area contributed by atoms with Gasteiger partial charge >= 0.3 is 0 Å². The van der Waals surface area contributed by atoms with Gasteiger partial charge in [0.05, 0.1) is 17.3 Å². The number of fused-ring (bicyclic) bond motifs is 1. The van der Waals surface area contributed by atoms with Crippen LogP contribution in [0.5, 0.6) is 5.75 Å². The number of nitrogen functional groups attached to an aromatic ring is 1. The Kier molecular flexibility index (Phi) is 2.95. The van der Waals surface area contributed by atoms with E-state index in [1.165, 1.54) is 0 Å². The summed E-state index contributed by atoms with van der Waals surface area (Å²) in [6.07, 6.45) is 2.90. The minimum atomic E-state index is 0.177. The average Bonchev–Trinajstić information content (AvgIpc) is 2.33. The van der Waals surface area contributed by atoms with E-state index in [-0.39, 0.29) is 6.10 Å². The van der Waals surface area contributed by atoms with Gasteiger partial charge in [0.15, 0.2) is 0 Å². The van der Waals surface area contributed by atoms with Crippen LogP contribution in [0.3, 0.4) is 0 Å². The van der Waals surface area contributed by atoms with E-state index in [4.69, 9.17) is 10.5 Å². The van der Waals surface area contributed by atoms with Crippen LogP contribution in [0.15, 0.2) is 30.5 Å². The SMILES string of the molecule is CCC(C)Oc1ccc2ncccc2c1N. The van der Waals surface area contributed by atoms with Gasteiger partial charge in [0.2, 0.25) is 0 Å². The number of nitrogens with two attached hydrogens (primary N) is 1. The zero-order valence-electron chi connectivity index (χ0n) is 9.60. The highest BCUT2D eigenvalue weighted by Crippen LogP contribution is 2.30. The van der Waals surface area contributed by atoms with Gasteiger partial charge in [-0.1, -0.05) is 6.92 Å². The van der Waals surface area contributed by atoms with Crippen LogP contribution in [0.1, 0.15) is 20.3 Å². The third-order valence-electron chi connectivity index (χ3n) is 2.69. The molecule has 0 aliphatic heterocycles. The van der Waals surface area contributed by atoms with E-state index in [0.717, 1.165) is 23.1 Å². The van der Waals surface area contributed by atoms with E-state index < -0.39 is 0 Å². The van der Waals surface area contributed by atoms with Gasteiger partial charge in [-0.15, -0.1) is 0 Å². The van der Waals surface area contributed by atoms with Crippen molar-refractivity contribution in [2.75, 3.05) is 5.73 Å². The lowest BCUT2D eigenvalue weighted by molar-refractivity contribution is 0.219. The molecule has 1 unspecified atom stereocenters. The first-order valence-electron chi connectivity index (χ1n) is 5.52. The molecule has 0 saturated heterocycles. The highest BCUT2D eigenvalue weighted by Gasteiger charge is 2.08. The summed E-state index contributed by atoms with van der Waals surface area (Å²) in [5.74, 6) is 0.745. The van der Waals surface area contributed by atoms with E-state index in [9.17, 15) is 0 Å². The van der Waals surface area contributed by atoms with Crippen LogP contribution in [0.25, 0.3) is 10.9 Å². The van der Waals surface area contributed by atoms with Gasteiger partial charge in [-0.05, 0) is 37.6 Å². The molecule has 2 rings (SSSR count). The molecule has 2 N–H and O–H groups in total. The smallest absolute Gasteiger partial charge is 0.143 e. The fraction of sp³-hybridized carbons (Fsp3) is 0.308. The molecule has 0 aliphatic rings. The Balaban J connectivity index is 2.44. The fourth-order valence-corrected chi connectivity index (χ4v) is 1.56. The van der Waals surface area contributed by atoms with Crippen LogP contribution in [0, 0.1) is 0 Å². The van der Waals surface area contributed by atoms with E-state index in [2.05, 4.69) is 11.9 Å². The van der Waals surface area contributed by atoms with Crippen molar-refractivity contribution in [2.24, 2.45) is 0 Å². The van der Waals surface area contributed by atoms with Gasteiger partial charge in [-0.25, -0.2) is 0 Å². The second kappa shape index (κ2) is 4.39. The van der Waals surface area contributed by atoms with Crippen molar-refractivity contribution < 1.29 is 4.74 Å². The summed E-state index contributed by atoms with van der Waals surface area (Å²) in [5.41, 5.74) is 7.63. The van der Waals surface area contributed by atoms with Crippen LogP contribution < -0.4 is 10.5 Å². The molecule has 0 amide bonds. The lowest BCUT2D eigenvalue weighted by atomic mass is 10.1. The van der Waals surface area contributed by atoms with Crippen molar-refractivity contribution in [3.8, 4) is 5.75 Å². The normalized spacial score (nSPS) is 12.6. The van der Waals surface area contributed by atoms with Crippen LogP contribution >= 0.6 is 0 Å². The lowest BCUT2D eigenvalue weighted by Gasteiger charge is -2.15. The van der Waals surface area contributed by atoms with E-state index in [0.29, 0.717) is 5.69 Å². The third kappa shape index (κ3) is 1.94. The lowest BCUT2D eigenvalue weighted by Crippen LogP contribution is -2.11. The monoisotopic (exact) mass is 216 g/mol. The molecule has 0 fully saturated rings. The fourth-order valence-electron chi connectivity index (χ4n) is 1.56. The van der Waals surface area contributed by atoms with Crippen molar-refractivity contribution in [2.45, 2.75) is 26.4 Å². The Morgan fingerprint density at radius 2 is 2.19 bits per heavy atom. The number of benzene rings is 1. The Labute approximate surface area is 95.2 Å². The number of ether oxygens (including phenoxy) is 1. The van der Waals surface area contributed by atoms with E-state index in [1.807, 2.05) is 31.2 Å². The van der Waals surface area contributed by atoms with Gasteiger partial charge in [0, 0.05) is 11.6 Å². The van der Waals surface area contributed by atoms with Gasteiger partial charge in [-0.3, -0.25) is 4.98 Å². The molecule has 0 radical (unpaired) electrons. The van der Waals surface area contributed by atoms with Crippen LogP contribution in [-0.4, -0.2) is 11.1 Å². The average molecular weight is 216 g/mol. The molecule has 1 atom stereocenters.